The smallest absolute Gasteiger partial charge is 0.263 e. The predicted octanol–water partition coefficient (Wildman–Crippen LogP) is 0.398. The van der Waals surface area contributed by atoms with Gasteiger partial charge in [0, 0.05) is 26.3 Å². The van der Waals surface area contributed by atoms with Gasteiger partial charge in [0.05, 0.1) is 10.9 Å². The van der Waals surface area contributed by atoms with E-state index in [4.69, 9.17) is 5.73 Å². The molecule has 18 heavy (non-hydrogen) atoms. The van der Waals surface area contributed by atoms with Crippen LogP contribution in [0.3, 0.4) is 0 Å². The van der Waals surface area contributed by atoms with Crippen LogP contribution in [0.4, 0.5) is 5.95 Å². The van der Waals surface area contributed by atoms with Crippen LogP contribution in [0.5, 0.6) is 0 Å². The Morgan fingerprint density at radius 3 is 2.78 bits per heavy atom. The Balaban J connectivity index is 0.000000771. The van der Waals surface area contributed by atoms with Crippen molar-refractivity contribution in [3.8, 4) is 12.0 Å². The number of nitrogens with zero attached hydrogens (tertiary/aromatic N) is 2. The highest BCUT2D eigenvalue weighted by Crippen LogP contribution is 2.13. The molecule has 0 amide bonds. The van der Waals surface area contributed by atoms with Crippen molar-refractivity contribution in [2.45, 2.75) is 13.8 Å². The highest BCUT2D eigenvalue weighted by Gasteiger charge is 2.10. The fourth-order valence-electron chi connectivity index (χ4n) is 1.52. The Kier molecular flexibility index (Phi) is 4.38. The Labute approximate surface area is 105 Å². The fourth-order valence-corrected chi connectivity index (χ4v) is 1.52. The van der Waals surface area contributed by atoms with Crippen molar-refractivity contribution in [3.63, 3.8) is 0 Å². The summed E-state index contributed by atoms with van der Waals surface area (Å²) in [6.07, 6.45) is 1.75. The lowest BCUT2D eigenvalue weighted by atomic mass is 10.2. The van der Waals surface area contributed by atoms with Crippen molar-refractivity contribution >= 4 is 17.0 Å². The van der Waals surface area contributed by atoms with Crippen molar-refractivity contribution in [1.29, 1.82) is 0 Å². The van der Waals surface area contributed by atoms with Crippen molar-refractivity contribution in [2.24, 2.45) is 7.05 Å². The van der Waals surface area contributed by atoms with Crippen molar-refractivity contribution in [2.75, 3.05) is 12.8 Å². The number of rotatable bonds is 0. The van der Waals surface area contributed by atoms with Gasteiger partial charge < -0.3 is 15.6 Å². The van der Waals surface area contributed by atoms with Crippen LogP contribution in [0.15, 0.2) is 11.0 Å². The van der Waals surface area contributed by atoms with Crippen LogP contribution in [0.25, 0.3) is 11.0 Å². The average Bonchev–Trinajstić information content (AvgIpc) is 2.66. The van der Waals surface area contributed by atoms with E-state index in [1.54, 1.807) is 24.9 Å². The van der Waals surface area contributed by atoms with Gasteiger partial charge in [0.15, 0.2) is 5.65 Å². The van der Waals surface area contributed by atoms with Crippen LogP contribution in [-0.2, 0) is 7.05 Å². The number of nitrogens with one attached hydrogen (secondary N) is 2. The lowest BCUT2D eigenvalue weighted by Gasteiger charge is -1.95. The third-order valence-electron chi connectivity index (χ3n) is 2.17. The standard InChI is InChI=1S/C10H11N5O.C2H6/c1-12-4-3-6-5-15(2)8-7(6)9(16)14-10(11)13-8;1-2/h5,12H,1-2H3,(H3,11,13,14,16);1-2H3. The first-order valence-electron chi connectivity index (χ1n) is 5.66. The molecule has 96 valence electrons. The van der Waals surface area contributed by atoms with Gasteiger partial charge in [-0.25, -0.2) is 0 Å². The molecule has 0 bridgehead atoms. The lowest BCUT2D eigenvalue weighted by Crippen LogP contribution is -2.11. The second-order valence-corrected chi connectivity index (χ2v) is 3.30. The molecule has 0 saturated heterocycles. The summed E-state index contributed by atoms with van der Waals surface area (Å²) in [5, 5.41) is 3.15. The highest BCUT2D eigenvalue weighted by molar-refractivity contribution is 5.83. The summed E-state index contributed by atoms with van der Waals surface area (Å²) in [4.78, 5) is 18.2. The first-order valence-corrected chi connectivity index (χ1v) is 5.66. The van der Waals surface area contributed by atoms with E-state index in [2.05, 4.69) is 27.2 Å². The second kappa shape index (κ2) is 5.77. The Hall–Kier alpha value is -2.42. The number of aromatic amines is 1. The van der Waals surface area contributed by atoms with E-state index in [1.807, 2.05) is 13.8 Å². The molecule has 0 spiro atoms. The maximum absolute atomic E-state index is 11.7. The van der Waals surface area contributed by atoms with E-state index in [1.165, 1.54) is 0 Å². The lowest BCUT2D eigenvalue weighted by molar-refractivity contribution is 0.943. The number of aromatic nitrogens is 3. The number of nitrogens with two attached hydrogens (primary N) is 1. The molecule has 0 fully saturated rings. The molecule has 6 nitrogen and oxygen atoms in total. The normalized spacial score (nSPS) is 9.11. The number of hydrogen-bond acceptors (Lipinski definition) is 4. The fraction of sp³-hybridized carbons (Fsp3) is 0.333. The van der Waals surface area contributed by atoms with Gasteiger partial charge in [-0.3, -0.25) is 9.78 Å². The Morgan fingerprint density at radius 2 is 2.17 bits per heavy atom. The van der Waals surface area contributed by atoms with Crippen molar-refractivity contribution in [3.05, 3.63) is 22.1 Å². The summed E-state index contributed by atoms with van der Waals surface area (Å²) in [5.41, 5.74) is 6.35. The molecule has 4 N–H and O–H groups in total. The molecule has 6 heteroatoms. The zero-order chi connectivity index (χ0) is 13.7. The number of anilines is 1. The monoisotopic (exact) mass is 247 g/mol. The van der Waals surface area contributed by atoms with Gasteiger partial charge in [0.1, 0.15) is 0 Å². The molecule has 0 atom stereocenters. The van der Waals surface area contributed by atoms with Crippen LogP contribution < -0.4 is 16.6 Å². The van der Waals surface area contributed by atoms with E-state index in [0.717, 1.165) is 0 Å². The first-order chi connectivity index (χ1) is 8.63. The topological polar surface area (TPSA) is 88.7 Å². The van der Waals surface area contributed by atoms with Crippen LogP contribution in [0, 0.1) is 12.0 Å². The number of fused-ring (bicyclic) bond motifs is 1. The molecule has 0 radical (unpaired) electrons. The quantitative estimate of drug-likeness (QED) is 0.464. The van der Waals surface area contributed by atoms with E-state index in [9.17, 15) is 4.79 Å². The molecule has 0 aromatic carbocycles. The van der Waals surface area contributed by atoms with Gasteiger partial charge in [-0.2, -0.15) is 4.98 Å². The van der Waals surface area contributed by atoms with Gasteiger partial charge in [-0.1, -0.05) is 13.8 Å². The largest absolute Gasteiger partial charge is 0.369 e. The summed E-state index contributed by atoms with van der Waals surface area (Å²) >= 11 is 0. The summed E-state index contributed by atoms with van der Waals surface area (Å²) in [6, 6.07) is 2.69. The molecule has 2 aromatic rings. The first kappa shape index (κ1) is 13.6. The van der Waals surface area contributed by atoms with Crippen LogP contribution in [-0.4, -0.2) is 21.6 Å². The van der Waals surface area contributed by atoms with E-state index < -0.39 is 0 Å². The zero-order valence-electron chi connectivity index (χ0n) is 11.0. The third kappa shape index (κ3) is 2.46. The SMILES string of the molecule is CC.CNC#Cc1cn(C)c2nc(N)[nH]c(=O)c12. The van der Waals surface area contributed by atoms with Crippen molar-refractivity contribution in [1.82, 2.24) is 19.9 Å². The molecule has 0 aliphatic carbocycles. The zero-order valence-corrected chi connectivity index (χ0v) is 11.0. The maximum Gasteiger partial charge on any atom is 0.263 e. The molecular weight excluding hydrogens is 230 g/mol. The molecule has 0 unspecified atom stereocenters. The molecule has 2 rings (SSSR count). The minimum atomic E-state index is -0.275. The van der Waals surface area contributed by atoms with E-state index >= 15 is 0 Å². The Bertz CT molecular complexity index is 657. The number of aryl methyl sites for hydroxylation is 1. The van der Waals surface area contributed by atoms with Gasteiger partial charge in [0.25, 0.3) is 5.56 Å². The predicted molar refractivity (Wildman–Crippen MR) is 73.0 cm³/mol. The minimum absolute atomic E-state index is 0.104. The molecule has 0 aliphatic heterocycles. The maximum atomic E-state index is 11.7. The number of nitrogen functional groups attached to an aromatic ring is 1. The van der Waals surface area contributed by atoms with Crippen LogP contribution >= 0.6 is 0 Å². The van der Waals surface area contributed by atoms with E-state index in [-0.39, 0.29) is 11.5 Å². The average molecular weight is 247 g/mol. The summed E-state index contributed by atoms with van der Waals surface area (Å²) < 4.78 is 1.72. The van der Waals surface area contributed by atoms with Gasteiger partial charge in [-0.05, 0) is 5.92 Å². The van der Waals surface area contributed by atoms with Crippen LogP contribution in [0.2, 0.25) is 0 Å². The van der Waals surface area contributed by atoms with Crippen molar-refractivity contribution < 1.29 is 0 Å². The summed E-state index contributed by atoms with van der Waals surface area (Å²) in [5.74, 6) is 2.94. The van der Waals surface area contributed by atoms with Crippen LogP contribution in [0.1, 0.15) is 19.4 Å². The molecular formula is C12H17N5O. The molecule has 2 heterocycles. The molecule has 2 aromatic heterocycles. The minimum Gasteiger partial charge on any atom is -0.369 e. The van der Waals surface area contributed by atoms with Gasteiger partial charge in [-0.15, -0.1) is 0 Å². The Morgan fingerprint density at radius 1 is 1.50 bits per heavy atom. The van der Waals surface area contributed by atoms with E-state index in [0.29, 0.717) is 16.6 Å². The third-order valence-corrected chi connectivity index (χ3v) is 2.17. The van der Waals surface area contributed by atoms with Gasteiger partial charge >= 0.3 is 0 Å². The second-order valence-electron chi connectivity index (χ2n) is 3.30. The number of hydrogen-bond donors (Lipinski definition) is 3. The molecule has 0 aliphatic rings. The number of H-pyrrole nitrogens is 1. The highest BCUT2D eigenvalue weighted by atomic mass is 16.1. The molecule has 0 saturated carbocycles. The van der Waals surface area contributed by atoms with Gasteiger partial charge in [0.2, 0.25) is 5.95 Å². The summed E-state index contributed by atoms with van der Waals surface area (Å²) in [6.45, 7) is 4.00. The summed E-state index contributed by atoms with van der Waals surface area (Å²) in [7, 11) is 3.50.